The quantitative estimate of drug-likeness (QED) is 0.438. The van der Waals surface area contributed by atoms with E-state index in [9.17, 15) is 23.5 Å². The Kier molecular flexibility index (Phi) is 6.96. The predicted octanol–water partition coefficient (Wildman–Crippen LogP) is 1.89. The van der Waals surface area contributed by atoms with Gasteiger partial charge in [-0.3, -0.25) is 9.59 Å². The van der Waals surface area contributed by atoms with Crippen molar-refractivity contribution in [3.63, 3.8) is 0 Å². The molecule has 2 N–H and O–H groups in total. The summed E-state index contributed by atoms with van der Waals surface area (Å²) >= 11 is 0. The fourth-order valence-corrected chi connectivity index (χ4v) is 4.88. The van der Waals surface area contributed by atoms with Crippen LogP contribution in [-0.4, -0.2) is 82.2 Å². The summed E-state index contributed by atoms with van der Waals surface area (Å²) in [6, 6.07) is 2.86. The fraction of sp³-hybridized carbons (Fsp3) is 0.385. The van der Waals surface area contributed by atoms with Crippen molar-refractivity contribution in [2.75, 3.05) is 25.0 Å². The largest absolute Gasteiger partial charge is 0.434 e. The molecule has 0 spiro atoms. The van der Waals surface area contributed by atoms with Crippen LogP contribution in [-0.2, 0) is 22.6 Å². The lowest BCUT2D eigenvalue weighted by molar-refractivity contribution is -0.162. The summed E-state index contributed by atoms with van der Waals surface area (Å²) < 4.78 is 33.8. The molecule has 3 aromatic rings. The summed E-state index contributed by atoms with van der Waals surface area (Å²) in [6.45, 7) is 8.96. The maximum atomic E-state index is 13.8. The molecular weight excluding hydrogens is 526 g/mol. The van der Waals surface area contributed by atoms with Gasteiger partial charge < -0.3 is 25.0 Å². The van der Waals surface area contributed by atoms with E-state index < -0.39 is 28.7 Å². The third-order valence-corrected chi connectivity index (χ3v) is 7.05. The van der Waals surface area contributed by atoms with Crippen molar-refractivity contribution >= 4 is 17.6 Å². The Hall–Kier alpha value is -4.46. The molecule has 2 aromatic heterocycles. The highest BCUT2D eigenvalue weighted by molar-refractivity contribution is 6.02. The second-order valence-corrected chi connectivity index (χ2v) is 10.4. The van der Waals surface area contributed by atoms with Gasteiger partial charge in [0, 0.05) is 45.1 Å². The molecule has 1 atom stereocenters. The van der Waals surface area contributed by atoms with Crippen LogP contribution in [0.5, 0.6) is 11.6 Å². The number of hydrogen-bond donors (Lipinski definition) is 2. The first-order chi connectivity index (χ1) is 18.9. The van der Waals surface area contributed by atoms with E-state index >= 15 is 0 Å². The van der Waals surface area contributed by atoms with Crippen LogP contribution in [0.2, 0.25) is 0 Å². The van der Waals surface area contributed by atoms with Crippen LogP contribution in [0.15, 0.2) is 49.2 Å². The van der Waals surface area contributed by atoms with E-state index in [1.807, 2.05) is 13.8 Å². The number of halogens is 2. The monoisotopic (exact) mass is 554 g/mol. The Morgan fingerprint density at radius 3 is 2.62 bits per heavy atom. The number of rotatable bonds is 6. The average Bonchev–Trinajstić information content (AvgIpc) is 3.37. The minimum absolute atomic E-state index is 0.0512. The predicted molar refractivity (Wildman–Crippen MR) is 137 cm³/mol. The zero-order valence-corrected chi connectivity index (χ0v) is 22.0. The number of amides is 2. The first kappa shape index (κ1) is 27.1. The lowest BCUT2D eigenvalue weighted by atomic mass is 9.87. The highest BCUT2D eigenvalue weighted by Crippen LogP contribution is 2.31. The number of aryl methyl sites for hydroxylation is 1. The maximum Gasteiger partial charge on any atom is 0.272 e. The Bertz CT molecular complexity index is 1460. The highest BCUT2D eigenvalue weighted by Gasteiger charge is 2.48. The zero-order valence-electron chi connectivity index (χ0n) is 22.0. The number of anilines is 1. The van der Waals surface area contributed by atoms with E-state index in [2.05, 4.69) is 31.9 Å². The lowest BCUT2D eigenvalue weighted by Crippen LogP contribution is -2.66. The number of carbonyl (C=O) groups excluding carboxylic acids is 2. The summed E-state index contributed by atoms with van der Waals surface area (Å²) in [4.78, 5) is 42.0. The summed E-state index contributed by atoms with van der Waals surface area (Å²) in [5.74, 6) is -2.12. The molecule has 0 radical (unpaired) electrons. The molecule has 0 unspecified atom stereocenters. The van der Waals surface area contributed by atoms with Crippen molar-refractivity contribution in [2.24, 2.45) is 0 Å². The van der Waals surface area contributed by atoms with Gasteiger partial charge in [0.05, 0.1) is 23.6 Å². The van der Waals surface area contributed by atoms with Gasteiger partial charge in [-0.15, -0.1) is 0 Å². The number of nitrogens with one attached hydrogen (secondary N) is 1. The molecule has 2 aliphatic heterocycles. The third kappa shape index (κ3) is 5.34. The van der Waals surface area contributed by atoms with Crippen LogP contribution >= 0.6 is 0 Å². The number of aromatic nitrogens is 5. The van der Waals surface area contributed by atoms with E-state index in [4.69, 9.17) is 4.74 Å². The van der Waals surface area contributed by atoms with Gasteiger partial charge in [-0.05, 0) is 26.0 Å². The SMILES string of the molecule is C=C(C(=O)Nc1cnc(Oc2ccc(F)cc2F)cn1)N1CCN(C(=O)[C@]2(O)CCn3ncnc3C2)C(C)(C)C1. The number of benzene rings is 1. The van der Waals surface area contributed by atoms with Crippen LogP contribution in [0.3, 0.4) is 0 Å². The van der Waals surface area contributed by atoms with Crippen molar-refractivity contribution < 1.29 is 28.2 Å². The molecule has 5 rings (SSSR count). The maximum absolute atomic E-state index is 13.8. The van der Waals surface area contributed by atoms with Crippen molar-refractivity contribution in [3.8, 4) is 11.6 Å². The zero-order chi connectivity index (χ0) is 28.7. The molecule has 1 fully saturated rings. The Morgan fingerprint density at radius 1 is 1.12 bits per heavy atom. The van der Waals surface area contributed by atoms with E-state index in [0.717, 1.165) is 12.1 Å². The van der Waals surface area contributed by atoms with Crippen LogP contribution in [0.1, 0.15) is 26.1 Å². The van der Waals surface area contributed by atoms with Gasteiger partial charge in [0.1, 0.15) is 18.0 Å². The van der Waals surface area contributed by atoms with E-state index in [1.54, 1.807) is 14.5 Å². The Morgan fingerprint density at radius 2 is 1.93 bits per heavy atom. The minimum atomic E-state index is -1.58. The molecule has 4 heterocycles. The van der Waals surface area contributed by atoms with E-state index in [1.165, 1.54) is 18.7 Å². The van der Waals surface area contributed by atoms with Gasteiger partial charge in [0.25, 0.3) is 11.8 Å². The van der Waals surface area contributed by atoms with Crippen molar-refractivity contribution in [3.05, 3.63) is 66.7 Å². The Balaban J connectivity index is 1.18. The number of nitrogens with zero attached hydrogens (tertiary/aromatic N) is 7. The molecule has 2 aliphatic rings. The van der Waals surface area contributed by atoms with Crippen LogP contribution in [0.25, 0.3) is 0 Å². The topological polar surface area (TPSA) is 139 Å². The molecule has 0 aliphatic carbocycles. The Labute approximate surface area is 228 Å². The van der Waals surface area contributed by atoms with E-state index in [-0.39, 0.29) is 48.4 Å². The molecule has 12 nitrogen and oxygen atoms in total. The summed E-state index contributed by atoms with van der Waals surface area (Å²) in [7, 11) is 0. The van der Waals surface area contributed by atoms with Crippen molar-refractivity contribution in [1.29, 1.82) is 0 Å². The average molecular weight is 555 g/mol. The van der Waals surface area contributed by atoms with Gasteiger partial charge in [-0.1, -0.05) is 6.58 Å². The number of piperazine rings is 1. The molecule has 1 saturated heterocycles. The summed E-state index contributed by atoms with van der Waals surface area (Å²) in [5, 5.41) is 17.9. The highest BCUT2D eigenvalue weighted by atomic mass is 19.1. The summed E-state index contributed by atoms with van der Waals surface area (Å²) in [5.41, 5.74) is -2.12. The van der Waals surface area contributed by atoms with Crippen LogP contribution in [0.4, 0.5) is 14.6 Å². The standard InChI is InChI=1S/C26H28F2N8O4/c1-16(23(37)33-20-12-30-22(13-29-20)40-19-5-4-17(27)10-18(19)28)34-8-9-35(25(2,3)14-34)24(38)26(39)6-7-36-21(11-26)31-15-32-36/h4-5,10,12-13,15,39H,1,6-9,11,14H2,2-3H3,(H,29,33,37)/t26-/m0/s1. The second-order valence-electron chi connectivity index (χ2n) is 10.4. The van der Waals surface area contributed by atoms with Gasteiger partial charge in [0.2, 0.25) is 5.88 Å². The smallest absolute Gasteiger partial charge is 0.272 e. The van der Waals surface area contributed by atoms with Gasteiger partial charge in [-0.25, -0.2) is 28.4 Å². The van der Waals surface area contributed by atoms with Gasteiger partial charge in [0.15, 0.2) is 23.0 Å². The second kappa shape index (κ2) is 10.3. The van der Waals surface area contributed by atoms with E-state index in [0.29, 0.717) is 31.5 Å². The number of carbonyl (C=O) groups is 2. The first-order valence-corrected chi connectivity index (χ1v) is 12.6. The molecule has 1 aromatic carbocycles. The van der Waals surface area contributed by atoms with Gasteiger partial charge in [-0.2, -0.15) is 5.10 Å². The molecule has 2 amide bonds. The van der Waals surface area contributed by atoms with Crippen molar-refractivity contribution in [1.82, 2.24) is 34.5 Å². The lowest BCUT2D eigenvalue weighted by Gasteiger charge is -2.50. The molecule has 0 bridgehead atoms. The van der Waals surface area contributed by atoms with Gasteiger partial charge >= 0.3 is 0 Å². The van der Waals surface area contributed by atoms with Crippen molar-refractivity contribution in [2.45, 2.75) is 44.4 Å². The number of aliphatic hydroxyl groups is 1. The fourth-order valence-electron chi connectivity index (χ4n) is 4.88. The molecule has 0 saturated carbocycles. The number of hydrogen-bond acceptors (Lipinski definition) is 9. The molecule has 210 valence electrons. The van der Waals surface area contributed by atoms with Crippen LogP contribution in [0, 0.1) is 11.6 Å². The molecule has 14 heteroatoms. The normalized spacial score (nSPS) is 20.0. The third-order valence-electron chi connectivity index (χ3n) is 7.05. The first-order valence-electron chi connectivity index (χ1n) is 12.6. The minimum Gasteiger partial charge on any atom is -0.434 e. The van der Waals surface area contributed by atoms with Crippen LogP contribution < -0.4 is 10.1 Å². The number of fused-ring (bicyclic) bond motifs is 1. The summed E-state index contributed by atoms with van der Waals surface area (Å²) in [6.07, 6.45) is 4.15. The molecule has 40 heavy (non-hydrogen) atoms. The number of ether oxygens (including phenoxy) is 1. The molecular formula is C26H28F2N8O4.